The molecular weight excluding hydrogens is 524 g/mol. The van der Waals surface area contributed by atoms with Gasteiger partial charge in [0, 0.05) is 12.1 Å². The van der Waals surface area contributed by atoms with Crippen LogP contribution in [0.2, 0.25) is 0 Å². The van der Waals surface area contributed by atoms with Gasteiger partial charge in [0.1, 0.15) is 11.8 Å². The fourth-order valence-corrected chi connectivity index (χ4v) is 3.46. The molecule has 0 radical (unpaired) electrons. The number of unbranched alkanes of at least 4 members (excludes halogenated alkanes) is 1. The molecule has 15 heteroatoms. The number of carboxylic acids is 1. The largest absolute Gasteiger partial charge is 0.493 e. The molecule has 1 aromatic heterocycles. The standard InChI is InChI=1S/C21H26F3N5O2.C2HF3O2/c1-2-3-4-5-6-12-30-17-10-9-14(13-15(17)21(22,23)24)18-27-19(31-28-18)16-8-7-11-29(16)20(25)26;3-2(4,5)1(6)7/h4-5,9-10,13,16H,2-3,6-8,11-12H2,1H3,(H3,25,26);(H,6,7)/t16-;/m0./s1. The predicted octanol–water partition coefficient (Wildman–Crippen LogP) is 5.54. The summed E-state index contributed by atoms with van der Waals surface area (Å²) < 4.78 is 83.2. The van der Waals surface area contributed by atoms with Gasteiger partial charge in [-0.2, -0.15) is 31.3 Å². The first-order valence-corrected chi connectivity index (χ1v) is 11.5. The number of nitrogens with two attached hydrogens (primary N) is 1. The van der Waals surface area contributed by atoms with Crippen molar-refractivity contribution in [1.82, 2.24) is 15.0 Å². The first kappa shape index (κ1) is 30.4. The van der Waals surface area contributed by atoms with Crippen molar-refractivity contribution < 1.29 is 45.5 Å². The zero-order valence-electron chi connectivity index (χ0n) is 20.3. The lowest BCUT2D eigenvalue weighted by atomic mass is 10.1. The van der Waals surface area contributed by atoms with E-state index in [9.17, 15) is 26.3 Å². The van der Waals surface area contributed by atoms with Gasteiger partial charge in [0.05, 0.1) is 12.2 Å². The molecule has 0 aliphatic carbocycles. The van der Waals surface area contributed by atoms with E-state index in [4.69, 9.17) is 30.3 Å². The van der Waals surface area contributed by atoms with E-state index in [0.717, 1.165) is 25.3 Å². The second kappa shape index (κ2) is 13.1. The number of nitrogens with zero attached hydrogens (tertiary/aromatic N) is 3. The van der Waals surface area contributed by atoms with Gasteiger partial charge in [-0.15, -0.1) is 0 Å². The lowest BCUT2D eigenvalue weighted by molar-refractivity contribution is -0.192. The lowest BCUT2D eigenvalue weighted by Crippen LogP contribution is -2.35. The highest BCUT2D eigenvalue weighted by molar-refractivity contribution is 5.75. The minimum atomic E-state index is -5.08. The molecule has 4 N–H and O–H groups in total. The monoisotopic (exact) mass is 551 g/mol. The molecule has 1 atom stereocenters. The molecule has 2 aromatic rings. The number of carboxylic acid groups (broad SMARTS) is 1. The quantitative estimate of drug-likeness (QED) is 0.128. The molecule has 1 aliphatic rings. The molecule has 210 valence electrons. The van der Waals surface area contributed by atoms with Crippen LogP contribution in [0.15, 0.2) is 34.9 Å². The molecule has 0 unspecified atom stereocenters. The maximum atomic E-state index is 13.6. The van der Waals surface area contributed by atoms with E-state index in [-0.39, 0.29) is 41.6 Å². The van der Waals surface area contributed by atoms with Gasteiger partial charge >= 0.3 is 18.3 Å². The Morgan fingerprint density at radius 1 is 1.26 bits per heavy atom. The number of aliphatic carboxylic acids is 1. The SMILES string of the molecule is CCCC=CCCOc1ccc(-c2noc([C@@H]3CCCN3C(=N)N)n2)cc1C(F)(F)F.O=C(O)C(F)(F)F. The molecule has 1 fully saturated rings. The average Bonchev–Trinajstić information content (AvgIpc) is 3.50. The summed E-state index contributed by atoms with van der Waals surface area (Å²) in [5.74, 6) is -2.82. The van der Waals surface area contributed by atoms with E-state index in [0.29, 0.717) is 19.4 Å². The Morgan fingerprint density at radius 3 is 2.50 bits per heavy atom. The van der Waals surface area contributed by atoms with E-state index in [1.807, 2.05) is 12.2 Å². The number of carbonyl (C=O) groups is 1. The number of alkyl halides is 6. The van der Waals surface area contributed by atoms with Gasteiger partial charge in [0.2, 0.25) is 11.7 Å². The van der Waals surface area contributed by atoms with Crippen LogP contribution in [0.4, 0.5) is 26.3 Å². The average molecular weight is 551 g/mol. The summed E-state index contributed by atoms with van der Waals surface area (Å²) in [6.45, 7) is 2.80. The van der Waals surface area contributed by atoms with Crippen LogP contribution < -0.4 is 10.5 Å². The van der Waals surface area contributed by atoms with Crippen LogP contribution in [0.25, 0.3) is 11.4 Å². The highest BCUT2D eigenvalue weighted by atomic mass is 19.4. The number of hydrogen-bond acceptors (Lipinski definition) is 6. The maximum Gasteiger partial charge on any atom is 0.490 e. The highest BCUT2D eigenvalue weighted by Crippen LogP contribution is 2.39. The number of halogens is 6. The highest BCUT2D eigenvalue weighted by Gasteiger charge is 2.38. The van der Waals surface area contributed by atoms with Gasteiger partial charge in [0.15, 0.2) is 5.96 Å². The van der Waals surface area contributed by atoms with Crippen molar-refractivity contribution in [3.63, 3.8) is 0 Å². The first-order valence-electron chi connectivity index (χ1n) is 11.5. The van der Waals surface area contributed by atoms with Gasteiger partial charge < -0.3 is 25.0 Å². The van der Waals surface area contributed by atoms with Gasteiger partial charge in [-0.1, -0.05) is 30.7 Å². The summed E-state index contributed by atoms with van der Waals surface area (Å²) in [6.07, 6.45) is -1.83. The normalized spacial score (nSPS) is 15.9. The third kappa shape index (κ3) is 8.66. The van der Waals surface area contributed by atoms with Crippen LogP contribution in [-0.2, 0) is 11.0 Å². The number of likely N-dealkylation sites (tertiary alicyclic amines) is 1. The molecule has 38 heavy (non-hydrogen) atoms. The second-order valence-corrected chi connectivity index (χ2v) is 8.10. The Hall–Kier alpha value is -3.78. The van der Waals surface area contributed by atoms with Crippen molar-refractivity contribution in [2.45, 2.75) is 57.4 Å². The minimum absolute atomic E-state index is 0.0463. The number of benzene rings is 1. The zero-order chi connectivity index (χ0) is 28.5. The van der Waals surface area contributed by atoms with E-state index >= 15 is 0 Å². The van der Waals surface area contributed by atoms with E-state index in [1.165, 1.54) is 12.1 Å². The second-order valence-electron chi connectivity index (χ2n) is 8.10. The number of allylic oxidation sites excluding steroid dienone is 1. The molecule has 0 spiro atoms. The number of aromatic nitrogens is 2. The fraction of sp³-hybridized carbons (Fsp3) is 0.478. The van der Waals surface area contributed by atoms with E-state index in [1.54, 1.807) is 4.90 Å². The molecular formula is C23H27F6N5O4. The van der Waals surface area contributed by atoms with Crippen molar-refractivity contribution in [3.8, 4) is 17.1 Å². The molecule has 2 heterocycles. The molecule has 0 amide bonds. The van der Waals surface area contributed by atoms with E-state index < -0.39 is 23.9 Å². The van der Waals surface area contributed by atoms with Gasteiger partial charge in [-0.05, 0) is 43.9 Å². The van der Waals surface area contributed by atoms with Crippen LogP contribution in [0, 0.1) is 5.41 Å². The van der Waals surface area contributed by atoms with Crippen LogP contribution in [0.1, 0.15) is 56.5 Å². The summed E-state index contributed by atoms with van der Waals surface area (Å²) in [5.41, 5.74) is 4.86. The van der Waals surface area contributed by atoms with Crippen molar-refractivity contribution in [3.05, 3.63) is 41.8 Å². The smallest absolute Gasteiger partial charge is 0.490 e. The van der Waals surface area contributed by atoms with E-state index in [2.05, 4.69) is 17.1 Å². The Kier molecular flexibility index (Phi) is 10.5. The Bertz CT molecular complexity index is 1120. The molecule has 0 saturated carbocycles. The topological polar surface area (TPSA) is 139 Å². The minimum Gasteiger partial charge on any atom is -0.493 e. The number of guanidine groups is 1. The third-order valence-corrected chi connectivity index (χ3v) is 5.24. The van der Waals surface area contributed by atoms with Gasteiger partial charge in [-0.25, -0.2) is 4.79 Å². The Balaban J connectivity index is 0.000000638. The number of hydrogen-bond donors (Lipinski definition) is 3. The zero-order valence-corrected chi connectivity index (χ0v) is 20.3. The van der Waals surface area contributed by atoms with Gasteiger partial charge in [0.25, 0.3) is 0 Å². The summed E-state index contributed by atoms with van der Waals surface area (Å²) in [6, 6.07) is 3.38. The molecule has 1 aliphatic heterocycles. The number of rotatable bonds is 8. The summed E-state index contributed by atoms with van der Waals surface area (Å²) in [4.78, 5) is 14.8. The van der Waals surface area contributed by atoms with Crippen LogP contribution in [0.5, 0.6) is 5.75 Å². The Morgan fingerprint density at radius 2 is 1.92 bits per heavy atom. The summed E-state index contributed by atoms with van der Waals surface area (Å²) in [7, 11) is 0. The van der Waals surface area contributed by atoms with Crippen LogP contribution in [-0.4, -0.2) is 51.4 Å². The maximum absolute atomic E-state index is 13.6. The van der Waals surface area contributed by atoms with Gasteiger partial charge in [-0.3, -0.25) is 5.41 Å². The van der Waals surface area contributed by atoms with Crippen molar-refractivity contribution in [2.75, 3.05) is 13.2 Å². The molecule has 3 rings (SSSR count). The fourth-order valence-electron chi connectivity index (χ4n) is 3.46. The number of nitrogens with one attached hydrogen (secondary N) is 1. The van der Waals surface area contributed by atoms with Crippen LogP contribution in [0.3, 0.4) is 0 Å². The lowest BCUT2D eigenvalue weighted by Gasteiger charge is -2.21. The molecule has 9 nitrogen and oxygen atoms in total. The first-order chi connectivity index (χ1) is 17.8. The van der Waals surface area contributed by atoms with Crippen molar-refractivity contribution in [2.24, 2.45) is 5.73 Å². The van der Waals surface area contributed by atoms with Crippen molar-refractivity contribution in [1.29, 1.82) is 5.41 Å². The van der Waals surface area contributed by atoms with Crippen LogP contribution >= 0.6 is 0 Å². The predicted molar refractivity (Wildman–Crippen MR) is 123 cm³/mol. The molecule has 0 bridgehead atoms. The molecule has 1 saturated heterocycles. The molecule has 1 aromatic carbocycles. The summed E-state index contributed by atoms with van der Waals surface area (Å²) in [5, 5.41) is 18.6. The summed E-state index contributed by atoms with van der Waals surface area (Å²) >= 11 is 0. The number of ether oxygens (including phenoxy) is 1. The Labute approximate surface area is 213 Å². The third-order valence-electron chi connectivity index (χ3n) is 5.24. The van der Waals surface area contributed by atoms with Crippen molar-refractivity contribution >= 4 is 11.9 Å².